The van der Waals surface area contributed by atoms with Gasteiger partial charge in [0.25, 0.3) is 0 Å². The molecule has 2 heteroatoms. The second-order valence-electron chi connectivity index (χ2n) is 4.44. The summed E-state index contributed by atoms with van der Waals surface area (Å²) in [6.07, 6.45) is 2.19. The molecule has 0 N–H and O–H groups in total. The average molecular weight is 232 g/mol. The molecule has 0 aromatic heterocycles. The van der Waals surface area contributed by atoms with E-state index in [0.717, 1.165) is 5.56 Å². The van der Waals surface area contributed by atoms with E-state index in [1.165, 1.54) is 12.5 Å². The molecular formula is C15H20O2. The van der Waals surface area contributed by atoms with Crippen molar-refractivity contribution in [2.45, 2.75) is 39.2 Å². The molecule has 0 aliphatic heterocycles. The van der Waals surface area contributed by atoms with Gasteiger partial charge >= 0.3 is 5.97 Å². The minimum Gasteiger partial charge on any atom is -0.457 e. The van der Waals surface area contributed by atoms with E-state index in [2.05, 4.69) is 32.6 Å². The van der Waals surface area contributed by atoms with Crippen LogP contribution in [0, 0.1) is 0 Å². The van der Waals surface area contributed by atoms with E-state index in [1.54, 1.807) is 6.08 Å². The highest BCUT2D eigenvalue weighted by Crippen LogP contribution is 2.24. The highest BCUT2D eigenvalue weighted by molar-refractivity contribution is 5.66. The second-order valence-corrected chi connectivity index (χ2v) is 4.44. The van der Waals surface area contributed by atoms with Gasteiger partial charge in [0, 0.05) is 13.3 Å². The quantitative estimate of drug-likeness (QED) is 0.566. The lowest BCUT2D eigenvalue weighted by atomic mass is 9.99. The molecule has 1 aromatic carbocycles. The molecule has 0 heterocycles. The topological polar surface area (TPSA) is 26.3 Å². The summed E-state index contributed by atoms with van der Waals surface area (Å²) in [5.41, 5.74) is 2.30. The lowest BCUT2D eigenvalue weighted by molar-refractivity contribution is -0.146. The smallest absolute Gasteiger partial charge is 0.303 e. The molecule has 0 saturated carbocycles. The molecule has 1 rings (SSSR count). The first-order valence-electron chi connectivity index (χ1n) is 5.92. The Morgan fingerprint density at radius 1 is 1.29 bits per heavy atom. The first-order valence-corrected chi connectivity index (χ1v) is 5.92. The van der Waals surface area contributed by atoms with Crippen molar-refractivity contribution in [1.82, 2.24) is 0 Å². The lowest BCUT2D eigenvalue weighted by Gasteiger charge is -2.16. The van der Waals surface area contributed by atoms with Gasteiger partial charge in [-0.3, -0.25) is 4.79 Å². The Labute approximate surface area is 103 Å². The van der Waals surface area contributed by atoms with E-state index in [-0.39, 0.29) is 12.1 Å². The zero-order valence-electron chi connectivity index (χ0n) is 10.8. The number of hydrogen-bond acceptors (Lipinski definition) is 2. The maximum Gasteiger partial charge on any atom is 0.303 e. The van der Waals surface area contributed by atoms with Crippen LogP contribution in [-0.4, -0.2) is 5.97 Å². The number of benzene rings is 1. The molecule has 0 amide bonds. The van der Waals surface area contributed by atoms with Crippen molar-refractivity contribution in [3.8, 4) is 0 Å². The van der Waals surface area contributed by atoms with Crippen molar-refractivity contribution in [2.24, 2.45) is 0 Å². The Morgan fingerprint density at radius 2 is 1.82 bits per heavy atom. The maximum atomic E-state index is 11.0. The number of carbonyl (C=O) groups is 1. The molecule has 0 unspecified atom stereocenters. The first-order chi connectivity index (χ1) is 8.04. The molecule has 2 nitrogen and oxygen atoms in total. The molecule has 0 fully saturated rings. The minimum absolute atomic E-state index is 0.216. The Hall–Kier alpha value is -1.57. The van der Waals surface area contributed by atoms with Crippen molar-refractivity contribution < 1.29 is 9.53 Å². The fourth-order valence-electron chi connectivity index (χ4n) is 1.70. The van der Waals surface area contributed by atoms with E-state index in [0.29, 0.717) is 12.3 Å². The first kappa shape index (κ1) is 13.5. The summed E-state index contributed by atoms with van der Waals surface area (Å²) in [5.74, 6) is 0.250. The summed E-state index contributed by atoms with van der Waals surface area (Å²) >= 11 is 0. The van der Waals surface area contributed by atoms with E-state index in [4.69, 9.17) is 4.74 Å². The Kier molecular flexibility index (Phi) is 4.95. The average Bonchev–Trinajstić information content (AvgIpc) is 2.28. The number of hydrogen-bond donors (Lipinski definition) is 0. The number of rotatable bonds is 5. The summed E-state index contributed by atoms with van der Waals surface area (Å²) in [6, 6.07) is 8.21. The molecule has 0 bridgehead atoms. The Balaban J connectivity index is 2.86. The minimum atomic E-state index is -0.259. The zero-order valence-corrected chi connectivity index (χ0v) is 10.8. The summed E-state index contributed by atoms with van der Waals surface area (Å²) in [6.45, 7) is 9.43. The maximum absolute atomic E-state index is 11.0. The van der Waals surface area contributed by atoms with Crippen LogP contribution in [0.4, 0.5) is 0 Å². The molecule has 0 aliphatic carbocycles. The zero-order chi connectivity index (χ0) is 12.8. The number of ether oxygens (including phenoxy) is 1. The van der Waals surface area contributed by atoms with Crippen molar-refractivity contribution in [1.29, 1.82) is 0 Å². The SMILES string of the molecule is C=CC[C@H](OC(C)=O)c1ccc(C(C)C)cc1. The van der Waals surface area contributed by atoms with Gasteiger partial charge in [-0.25, -0.2) is 0 Å². The van der Waals surface area contributed by atoms with Crippen molar-refractivity contribution >= 4 is 5.97 Å². The monoisotopic (exact) mass is 232 g/mol. The molecule has 1 aromatic rings. The van der Waals surface area contributed by atoms with Gasteiger partial charge in [0.15, 0.2) is 0 Å². The van der Waals surface area contributed by atoms with Gasteiger partial charge in [-0.05, 0) is 17.0 Å². The van der Waals surface area contributed by atoms with Crippen LogP contribution < -0.4 is 0 Å². The summed E-state index contributed by atoms with van der Waals surface area (Å²) in [5, 5.41) is 0. The highest BCUT2D eigenvalue weighted by atomic mass is 16.5. The summed E-state index contributed by atoms with van der Waals surface area (Å²) in [4.78, 5) is 11.0. The predicted octanol–water partition coefficient (Wildman–Crippen LogP) is 3.99. The molecule has 0 saturated heterocycles. The Bertz CT molecular complexity index is 376. The number of esters is 1. The largest absolute Gasteiger partial charge is 0.457 e. The molecular weight excluding hydrogens is 212 g/mol. The van der Waals surface area contributed by atoms with Gasteiger partial charge in [-0.15, -0.1) is 6.58 Å². The van der Waals surface area contributed by atoms with Crippen LogP contribution >= 0.6 is 0 Å². The third-order valence-corrected chi connectivity index (χ3v) is 2.66. The van der Waals surface area contributed by atoms with Gasteiger partial charge in [-0.1, -0.05) is 44.2 Å². The highest BCUT2D eigenvalue weighted by Gasteiger charge is 2.13. The van der Waals surface area contributed by atoms with Crippen LogP contribution in [0.5, 0.6) is 0 Å². The van der Waals surface area contributed by atoms with Crippen LogP contribution in [0.15, 0.2) is 36.9 Å². The van der Waals surface area contributed by atoms with E-state index in [9.17, 15) is 4.79 Å². The second kappa shape index (κ2) is 6.24. The molecule has 92 valence electrons. The summed E-state index contributed by atoms with van der Waals surface area (Å²) in [7, 11) is 0. The van der Waals surface area contributed by atoms with Gasteiger partial charge in [-0.2, -0.15) is 0 Å². The van der Waals surface area contributed by atoms with Crippen LogP contribution in [0.25, 0.3) is 0 Å². The summed E-state index contributed by atoms with van der Waals surface area (Å²) < 4.78 is 5.27. The van der Waals surface area contributed by atoms with Gasteiger partial charge < -0.3 is 4.74 Å². The number of carbonyl (C=O) groups excluding carboxylic acids is 1. The predicted molar refractivity (Wildman–Crippen MR) is 69.9 cm³/mol. The van der Waals surface area contributed by atoms with Crippen molar-refractivity contribution in [2.75, 3.05) is 0 Å². The van der Waals surface area contributed by atoms with Crippen LogP contribution in [-0.2, 0) is 9.53 Å². The van der Waals surface area contributed by atoms with E-state index < -0.39 is 0 Å². The van der Waals surface area contributed by atoms with E-state index in [1.807, 2.05) is 12.1 Å². The third-order valence-electron chi connectivity index (χ3n) is 2.66. The van der Waals surface area contributed by atoms with Gasteiger partial charge in [0.2, 0.25) is 0 Å². The third kappa shape index (κ3) is 4.06. The molecule has 0 aliphatic rings. The molecule has 1 atom stereocenters. The van der Waals surface area contributed by atoms with E-state index >= 15 is 0 Å². The molecule has 0 spiro atoms. The molecule has 17 heavy (non-hydrogen) atoms. The van der Waals surface area contributed by atoms with Crippen LogP contribution in [0.1, 0.15) is 50.3 Å². The van der Waals surface area contributed by atoms with Crippen LogP contribution in [0.3, 0.4) is 0 Å². The van der Waals surface area contributed by atoms with Gasteiger partial charge in [0.05, 0.1) is 0 Å². The lowest BCUT2D eigenvalue weighted by Crippen LogP contribution is -2.07. The van der Waals surface area contributed by atoms with Crippen molar-refractivity contribution in [3.05, 3.63) is 48.0 Å². The van der Waals surface area contributed by atoms with Crippen LogP contribution in [0.2, 0.25) is 0 Å². The van der Waals surface area contributed by atoms with Gasteiger partial charge in [0.1, 0.15) is 6.10 Å². The fourth-order valence-corrected chi connectivity index (χ4v) is 1.70. The molecule has 0 radical (unpaired) electrons. The standard InChI is InChI=1S/C15H20O2/c1-5-6-15(17-12(4)16)14-9-7-13(8-10-14)11(2)3/h5,7-11,15H,1,6H2,2-4H3/t15-/m0/s1. The fraction of sp³-hybridized carbons (Fsp3) is 0.400. The Morgan fingerprint density at radius 3 is 2.24 bits per heavy atom. The van der Waals surface area contributed by atoms with Crippen molar-refractivity contribution in [3.63, 3.8) is 0 Å². The normalized spacial score (nSPS) is 12.2.